The summed E-state index contributed by atoms with van der Waals surface area (Å²) >= 11 is 1.51. The van der Waals surface area contributed by atoms with Crippen molar-refractivity contribution in [3.05, 3.63) is 46.2 Å². The van der Waals surface area contributed by atoms with Gasteiger partial charge in [-0.25, -0.2) is 0 Å². The summed E-state index contributed by atoms with van der Waals surface area (Å²) in [4.78, 5) is 55.6. The summed E-state index contributed by atoms with van der Waals surface area (Å²) in [5, 5.41) is 20.0. The minimum Gasteiger partial charge on any atom is -0.373 e. The van der Waals surface area contributed by atoms with E-state index in [1.54, 1.807) is 30.9 Å². The molecule has 11 heteroatoms. The van der Waals surface area contributed by atoms with Crippen molar-refractivity contribution < 1.29 is 24.3 Å². The molecule has 4 amide bonds. The van der Waals surface area contributed by atoms with Gasteiger partial charge in [0.05, 0.1) is 23.5 Å². The molecule has 3 atom stereocenters. The van der Waals surface area contributed by atoms with Crippen molar-refractivity contribution in [2.75, 3.05) is 9.80 Å². The van der Waals surface area contributed by atoms with E-state index in [0.29, 0.717) is 24.2 Å². The molecule has 0 saturated carbocycles. The Bertz CT molecular complexity index is 1240. The molecule has 1 aromatic carbocycles. The van der Waals surface area contributed by atoms with Crippen molar-refractivity contribution in [2.24, 2.45) is 11.7 Å². The number of para-hydroxylation sites is 1. The lowest BCUT2D eigenvalue weighted by atomic mass is 9.94. The minimum absolute atomic E-state index is 0.104. The van der Waals surface area contributed by atoms with Crippen LogP contribution in [-0.2, 0) is 32.1 Å². The van der Waals surface area contributed by atoms with Gasteiger partial charge in [0.1, 0.15) is 18.3 Å². The number of carbonyl (C=O) groups is 4. The second-order valence-electron chi connectivity index (χ2n) is 11.3. The largest absolute Gasteiger partial charge is 0.373 e. The first kappa shape index (κ1) is 28.7. The van der Waals surface area contributed by atoms with Crippen LogP contribution in [0, 0.1) is 5.92 Å². The van der Waals surface area contributed by atoms with E-state index < -0.39 is 35.7 Å². The third-order valence-electron chi connectivity index (χ3n) is 6.95. The van der Waals surface area contributed by atoms with Crippen molar-refractivity contribution in [3.8, 4) is 0 Å². The van der Waals surface area contributed by atoms with Crippen LogP contribution in [0.3, 0.4) is 0 Å². The Morgan fingerprint density at radius 1 is 1.23 bits per heavy atom. The maximum atomic E-state index is 13.9. The van der Waals surface area contributed by atoms with E-state index in [9.17, 15) is 24.3 Å². The van der Waals surface area contributed by atoms with Gasteiger partial charge in [0.15, 0.2) is 0 Å². The highest BCUT2D eigenvalue weighted by molar-refractivity contribution is 7.07. The Labute approximate surface area is 232 Å². The molecule has 0 aliphatic carbocycles. The van der Waals surface area contributed by atoms with Crippen LogP contribution in [0.15, 0.2) is 35.0 Å². The van der Waals surface area contributed by atoms with Crippen LogP contribution in [0.25, 0.3) is 0 Å². The zero-order valence-electron chi connectivity index (χ0n) is 22.8. The number of nitrogens with one attached hydrogen (secondary N) is 2. The summed E-state index contributed by atoms with van der Waals surface area (Å²) in [5.74, 6) is -1.35. The van der Waals surface area contributed by atoms with Gasteiger partial charge in [-0.2, -0.15) is 11.3 Å². The molecule has 2 aliphatic heterocycles. The van der Waals surface area contributed by atoms with Gasteiger partial charge in [-0.3, -0.25) is 24.1 Å². The molecule has 2 aliphatic rings. The van der Waals surface area contributed by atoms with E-state index in [2.05, 4.69) is 10.6 Å². The van der Waals surface area contributed by atoms with Crippen molar-refractivity contribution in [1.82, 2.24) is 10.6 Å². The third-order valence-corrected chi connectivity index (χ3v) is 7.68. The Morgan fingerprint density at radius 3 is 2.56 bits per heavy atom. The molecule has 2 unspecified atom stereocenters. The Morgan fingerprint density at radius 2 is 1.97 bits per heavy atom. The van der Waals surface area contributed by atoms with E-state index in [0.717, 1.165) is 11.1 Å². The van der Waals surface area contributed by atoms with E-state index in [1.807, 2.05) is 36.7 Å². The third kappa shape index (κ3) is 6.32. The lowest BCUT2D eigenvalue weighted by molar-refractivity contribution is -0.133. The van der Waals surface area contributed by atoms with Crippen molar-refractivity contribution >= 4 is 46.3 Å². The number of amides is 4. The fourth-order valence-corrected chi connectivity index (χ4v) is 5.63. The first-order valence-electron chi connectivity index (χ1n) is 13.2. The summed E-state index contributed by atoms with van der Waals surface area (Å²) in [5.41, 5.74) is 7.49. The molecular formula is C28H37N5O5S. The summed E-state index contributed by atoms with van der Waals surface area (Å²) in [6, 6.07) is 5.57. The predicted octanol–water partition coefficient (Wildman–Crippen LogP) is 2.04. The van der Waals surface area contributed by atoms with Crippen LogP contribution in [0.5, 0.6) is 0 Å². The highest BCUT2D eigenvalue weighted by Gasteiger charge is 2.40. The Hall–Kier alpha value is -3.28. The molecule has 1 saturated heterocycles. The first-order chi connectivity index (χ1) is 18.4. The lowest BCUT2D eigenvalue weighted by Crippen LogP contribution is -2.59. The molecule has 1 fully saturated rings. The molecule has 0 radical (unpaired) electrons. The molecule has 39 heavy (non-hydrogen) atoms. The van der Waals surface area contributed by atoms with Crippen LogP contribution in [-0.4, -0.2) is 52.6 Å². The lowest BCUT2D eigenvalue weighted by Gasteiger charge is -2.38. The number of aliphatic hydroxyl groups excluding tert-OH is 1. The van der Waals surface area contributed by atoms with Gasteiger partial charge >= 0.3 is 0 Å². The van der Waals surface area contributed by atoms with Crippen LogP contribution in [0.1, 0.15) is 58.1 Å². The summed E-state index contributed by atoms with van der Waals surface area (Å²) in [6.45, 7) is 7.26. The van der Waals surface area contributed by atoms with Crippen LogP contribution < -0.4 is 26.2 Å². The summed E-state index contributed by atoms with van der Waals surface area (Å²) in [6.07, 6.45) is 0.165. The number of benzene rings is 1. The second kappa shape index (κ2) is 11.4. The molecule has 5 N–H and O–H groups in total. The Balaban J connectivity index is 1.66. The average Bonchev–Trinajstić information content (AvgIpc) is 3.49. The molecule has 210 valence electrons. The number of fused-ring (bicyclic) bond motifs is 1. The molecule has 3 heterocycles. The standard InChI is InChI=1S/C28H37N5O5S/c1-16(2)12-19(31-27(38)28(3,4)29)25(36)30-20-13-18-6-5-7-21(33-22(34)8-9-23(33)35)24(18)32(26(20)37)14-17-10-11-39-15-17/h5-7,10-11,15-16,19-20,22,34H,8-9,12-14,29H2,1-4H3,(H,30,36)(H,31,38)/t19-,20?,22?/m1/s1. The fraction of sp³-hybridized carbons (Fsp3) is 0.500. The molecule has 1 aromatic heterocycles. The normalized spacial score (nSPS) is 20.3. The Kier molecular flexibility index (Phi) is 8.43. The minimum atomic E-state index is -1.17. The van der Waals surface area contributed by atoms with Crippen LogP contribution in [0.2, 0.25) is 0 Å². The maximum Gasteiger partial charge on any atom is 0.250 e. The second-order valence-corrected chi connectivity index (χ2v) is 12.0. The van der Waals surface area contributed by atoms with Crippen molar-refractivity contribution in [2.45, 2.75) is 83.8 Å². The topological polar surface area (TPSA) is 145 Å². The molecule has 10 nitrogen and oxygen atoms in total. The van der Waals surface area contributed by atoms with Crippen LogP contribution in [0.4, 0.5) is 11.4 Å². The number of nitrogens with two attached hydrogens (primary N) is 1. The monoisotopic (exact) mass is 555 g/mol. The smallest absolute Gasteiger partial charge is 0.250 e. The average molecular weight is 556 g/mol. The van der Waals surface area contributed by atoms with Gasteiger partial charge in [-0.05, 0) is 60.2 Å². The van der Waals surface area contributed by atoms with E-state index in [-0.39, 0.29) is 37.1 Å². The SMILES string of the molecule is CC(C)C[C@@H](NC(=O)C(C)(C)N)C(=O)NC1Cc2cccc(N3C(=O)CCC3O)c2N(Cc2ccsc2)C1=O. The zero-order chi connectivity index (χ0) is 28.5. The number of aliphatic hydroxyl groups is 1. The maximum absolute atomic E-state index is 13.9. The van der Waals surface area contributed by atoms with Gasteiger partial charge in [0, 0.05) is 19.3 Å². The quantitative estimate of drug-likeness (QED) is 0.373. The molecular weight excluding hydrogens is 518 g/mol. The predicted molar refractivity (Wildman–Crippen MR) is 150 cm³/mol. The highest BCUT2D eigenvalue weighted by atomic mass is 32.1. The van der Waals surface area contributed by atoms with Gasteiger partial charge in [0.25, 0.3) is 0 Å². The molecule has 0 spiro atoms. The highest BCUT2D eigenvalue weighted by Crippen LogP contribution is 2.41. The number of rotatable bonds is 9. The van der Waals surface area contributed by atoms with E-state index in [1.165, 1.54) is 16.2 Å². The van der Waals surface area contributed by atoms with Gasteiger partial charge in [0.2, 0.25) is 23.6 Å². The number of hydrogen-bond acceptors (Lipinski definition) is 7. The van der Waals surface area contributed by atoms with Gasteiger partial charge < -0.3 is 26.4 Å². The summed E-state index contributed by atoms with van der Waals surface area (Å²) in [7, 11) is 0. The van der Waals surface area contributed by atoms with Gasteiger partial charge in [-0.1, -0.05) is 26.0 Å². The summed E-state index contributed by atoms with van der Waals surface area (Å²) < 4.78 is 0. The van der Waals surface area contributed by atoms with Crippen molar-refractivity contribution in [1.29, 1.82) is 0 Å². The number of nitrogens with zero attached hydrogens (tertiary/aromatic N) is 2. The van der Waals surface area contributed by atoms with E-state index >= 15 is 0 Å². The number of anilines is 2. The fourth-order valence-electron chi connectivity index (χ4n) is 4.97. The van der Waals surface area contributed by atoms with Crippen molar-refractivity contribution in [3.63, 3.8) is 0 Å². The van der Waals surface area contributed by atoms with Crippen LogP contribution >= 0.6 is 11.3 Å². The molecule has 4 rings (SSSR count). The molecule has 0 bridgehead atoms. The first-order valence-corrected chi connectivity index (χ1v) is 14.2. The zero-order valence-corrected chi connectivity index (χ0v) is 23.6. The van der Waals surface area contributed by atoms with Gasteiger partial charge in [-0.15, -0.1) is 0 Å². The number of carbonyl (C=O) groups excluding carboxylic acids is 4. The number of thiophene rings is 1. The van der Waals surface area contributed by atoms with E-state index in [4.69, 9.17) is 5.73 Å². The number of hydrogen-bond donors (Lipinski definition) is 4. The molecule has 2 aromatic rings.